The highest BCUT2D eigenvalue weighted by Gasteiger charge is 2.25. The highest BCUT2D eigenvalue weighted by Crippen LogP contribution is 2.23. The van der Waals surface area contributed by atoms with E-state index in [1.807, 2.05) is 30.5 Å². The van der Waals surface area contributed by atoms with Gasteiger partial charge in [0.1, 0.15) is 0 Å². The average molecular weight is 234 g/mol. The molecule has 0 spiro atoms. The van der Waals surface area contributed by atoms with Gasteiger partial charge in [0.05, 0.1) is 0 Å². The fourth-order valence-corrected chi connectivity index (χ4v) is 1.69. The van der Waals surface area contributed by atoms with E-state index in [0.717, 1.165) is 10.5 Å². The molecule has 0 heterocycles. The molecule has 0 nitrogen and oxygen atoms in total. The highest BCUT2D eigenvalue weighted by atomic mass is 32.2. The van der Waals surface area contributed by atoms with Gasteiger partial charge in [-0.05, 0) is 36.8 Å². The maximum absolute atomic E-state index is 11.9. The number of aryl methyl sites for hydroxylation is 1. The summed E-state index contributed by atoms with van der Waals surface area (Å²) in [5.74, 6) is 0. The van der Waals surface area contributed by atoms with Gasteiger partial charge < -0.3 is 0 Å². The second kappa shape index (κ2) is 5.45. The van der Waals surface area contributed by atoms with Gasteiger partial charge in [-0.1, -0.05) is 12.1 Å². The zero-order valence-corrected chi connectivity index (χ0v) is 9.29. The topological polar surface area (TPSA) is 0 Å². The van der Waals surface area contributed by atoms with Crippen LogP contribution in [0.5, 0.6) is 0 Å². The van der Waals surface area contributed by atoms with E-state index in [2.05, 4.69) is 0 Å². The first-order valence-corrected chi connectivity index (χ1v) is 5.93. The minimum atomic E-state index is -4.03. The number of hydrogen-bond acceptors (Lipinski definition) is 1. The zero-order valence-electron chi connectivity index (χ0n) is 8.47. The van der Waals surface area contributed by atoms with Gasteiger partial charge in [-0.25, -0.2) is 0 Å². The summed E-state index contributed by atoms with van der Waals surface area (Å²) in [6.07, 6.45) is -2.09. The first-order valence-electron chi connectivity index (χ1n) is 4.71. The Balaban J connectivity index is 2.38. The summed E-state index contributed by atoms with van der Waals surface area (Å²) >= 11 is 1.63. The van der Waals surface area contributed by atoms with Crippen molar-refractivity contribution in [2.75, 3.05) is 6.26 Å². The van der Waals surface area contributed by atoms with Crippen molar-refractivity contribution >= 4 is 11.8 Å². The molecule has 0 amide bonds. The van der Waals surface area contributed by atoms with Gasteiger partial charge in [0.25, 0.3) is 0 Å². The number of thioether (sulfide) groups is 1. The third-order valence-electron chi connectivity index (χ3n) is 2.08. The molecule has 0 fully saturated rings. The minimum Gasteiger partial charge on any atom is -0.171 e. The SMILES string of the molecule is CSc1ccc(CCCC(F)(F)F)cc1. The molecule has 0 N–H and O–H groups in total. The summed E-state index contributed by atoms with van der Waals surface area (Å²) in [7, 11) is 0. The molecule has 0 aliphatic rings. The normalized spacial score (nSPS) is 11.7. The van der Waals surface area contributed by atoms with E-state index in [9.17, 15) is 13.2 Å². The number of rotatable bonds is 4. The summed E-state index contributed by atoms with van der Waals surface area (Å²) in [5, 5.41) is 0. The van der Waals surface area contributed by atoms with Crippen molar-refractivity contribution in [1.82, 2.24) is 0 Å². The van der Waals surface area contributed by atoms with Crippen LogP contribution in [0.1, 0.15) is 18.4 Å². The fourth-order valence-electron chi connectivity index (χ4n) is 1.29. The predicted molar refractivity (Wildman–Crippen MR) is 57.2 cm³/mol. The average Bonchev–Trinajstić information content (AvgIpc) is 2.17. The van der Waals surface area contributed by atoms with Gasteiger partial charge in [0, 0.05) is 11.3 Å². The van der Waals surface area contributed by atoms with Crippen LogP contribution in [0, 0.1) is 0 Å². The molecule has 0 aliphatic heterocycles. The van der Waals surface area contributed by atoms with Crippen molar-refractivity contribution in [2.45, 2.75) is 30.3 Å². The van der Waals surface area contributed by atoms with Crippen LogP contribution < -0.4 is 0 Å². The molecule has 0 aromatic heterocycles. The number of hydrogen-bond donors (Lipinski definition) is 0. The maximum atomic E-state index is 11.9. The molecule has 1 aromatic rings. The maximum Gasteiger partial charge on any atom is 0.389 e. The molecule has 0 saturated heterocycles. The Morgan fingerprint density at radius 3 is 2.20 bits per heavy atom. The Hall–Kier alpha value is -0.640. The van der Waals surface area contributed by atoms with Gasteiger partial charge in [0.15, 0.2) is 0 Å². The first-order chi connectivity index (χ1) is 7.01. The molecule has 1 aromatic carbocycles. The lowest BCUT2D eigenvalue weighted by atomic mass is 10.1. The molecule has 0 saturated carbocycles. The predicted octanol–water partition coefficient (Wildman–Crippen LogP) is 4.29. The van der Waals surface area contributed by atoms with Crippen LogP contribution in [0.3, 0.4) is 0 Å². The molecule has 4 heteroatoms. The van der Waals surface area contributed by atoms with Crippen molar-refractivity contribution in [2.24, 2.45) is 0 Å². The van der Waals surface area contributed by atoms with Gasteiger partial charge in [0.2, 0.25) is 0 Å². The Morgan fingerprint density at radius 2 is 1.73 bits per heavy atom. The molecular formula is C11H13F3S. The Bertz CT molecular complexity index is 290. The monoisotopic (exact) mass is 234 g/mol. The van der Waals surface area contributed by atoms with Crippen molar-refractivity contribution < 1.29 is 13.2 Å². The van der Waals surface area contributed by atoms with Crippen molar-refractivity contribution in [3.8, 4) is 0 Å². The molecule has 15 heavy (non-hydrogen) atoms. The second-order valence-electron chi connectivity index (χ2n) is 3.32. The van der Waals surface area contributed by atoms with Crippen LogP contribution >= 0.6 is 11.8 Å². The summed E-state index contributed by atoms with van der Waals surface area (Å²) in [5.41, 5.74) is 0.969. The van der Waals surface area contributed by atoms with Crippen LogP contribution in [-0.4, -0.2) is 12.4 Å². The van der Waals surface area contributed by atoms with E-state index in [4.69, 9.17) is 0 Å². The molecule has 0 atom stereocenters. The second-order valence-corrected chi connectivity index (χ2v) is 4.20. The standard InChI is InChI=1S/C11H13F3S/c1-15-10-6-4-9(5-7-10)3-2-8-11(12,13)14/h4-7H,2-3,8H2,1H3. The lowest BCUT2D eigenvalue weighted by Gasteiger charge is -2.06. The summed E-state index contributed by atoms with van der Waals surface area (Å²) in [4.78, 5) is 1.13. The van der Waals surface area contributed by atoms with E-state index < -0.39 is 12.6 Å². The molecule has 1 rings (SSSR count). The van der Waals surface area contributed by atoms with Gasteiger partial charge in [-0.2, -0.15) is 13.2 Å². The number of alkyl halides is 3. The van der Waals surface area contributed by atoms with Crippen molar-refractivity contribution in [1.29, 1.82) is 0 Å². The molecule has 0 bridgehead atoms. The lowest BCUT2D eigenvalue weighted by Crippen LogP contribution is -2.07. The van der Waals surface area contributed by atoms with Gasteiger partial charge in [-0.3, -0.25) is 0 Å². The summed E-state index contributed by atoms with van der Waals surface area (Å²) in [6.45, 7) is 0. The van der Waals surface area contributed by atoms with Crippen molar-refractivity contribution in [3.63, 3.8) is 0 Å². The number of halogens is 3. The fraction of sp³-hybridized carbons (Fsp3) is 0.455. The van der Waals surface area contributed by atoms with Crippen LogP contribution in [0.25, 0.3) is 0 Å². The smallest absolute Gasteiger partial charge is 0.171 e. The van der Waals surface area contributed by atoms with E-state index in [-0.39, 0.29) is 6.42 Å². The molecule has 0 radical (unpaired) electrons. The Labute approximate surface area is 91.9 Å². The quantitative estimate of drug-likeness (QED) is 0.700. The highest BCUT2D eigenvalue weighted by molar-refractivity contribution is 7.98. The Kier molecular flexibility index (Phi) is 4.51. The molecule has 84 valence electrons. The lowest BCUT2D eigenvalue weighted by molar-refractivity contribution is -0.135. The third-order valence-corrected chi connectivity index (χ3v) is 2.83. The first kappa shape index (κ1) is 12.4. The summed E-state index contributed by atoms with van der Waals surface area (Å²) in [6, 6.07) is 7.66. The van der Waals surface area contributed by atoms with E-state index >= 15 is 0 Å². The van der Waals surface area contributed by atoms with Gasteiger partial charge >= 0.3 is 6.18 Å². The zero-order chi connectivity index (χ0) is 11.3. The van der Waals surface area contributed by atoms with E-state index in [1.54, 1.807) is 11.8 Å². The molecular weight excluding hydrogens is 221 g/mol. The Morgan fingerprint density at radius 1 is 1.13 bits per heavy atom. The molecule has 0 aliphatic carbocycles. The van der Waals surface area contributed by atoms with Crippen LogP contribution in [0.2, 0.25) is 0 Å². The third kappa shape index (κ3) is 5.11. The van der Waals surface area contributed by atoms with Crippen LogP contribution in [0.4, 0.5) is 13.2 Å². The van der Waals surface area contributed by atoms with Gasteiger partial charge in [-0.15, -0.1) is 11.8 Å². The van der Waals surface area contributed by atoms with Crippen LogP contribution in [-0.2, 0) is 6.42 Å². The van der Waals surface area contributed by atoms with Crippen LogP contribution in [0.15, 0.2) is 29.2 Å². The number of benzene rings is 1. The minimum absolute atomic E-state index is 0.169. The largest absolute Gasteiger partial charge is 0.389 e. The van der Waals surface area contributed by atoms with E-state index in [0.29, 0.717) is 6.42 Å². The van der Waals surface area contributed by atoms with Crippen molar-refractivity contribution in [3.05, 3.63) is 29.8 Å². The summed E-state index contributed by atoms with van der Waals surface area (Å²) < 4.78 is 35.6. The molecule has 0 unspecified atom stereocenters. The van der Waals surface area contributed by atoms with E-state index in [1.165, 1.54) is 0 Å².